The Kier molecular flexibility index (Phi) is 9.55. The Morgan fingerprint density at radius 2 is 1.68 bits per heavy atom. The number of nitrogens with zero attached hydrogens (tertiary/aromatic N) is 2. The maximum Gasteiger partial charge on any atom is 0.244 e. The van der Waals surface area contributed by atoms with E-state index in [-0.39, 0.29) is 24.1 Å². The summed E-state index contributed by atoms with van der Waals surface area (Å²) >= 11 is 12.2. The number of halogens is 2. The van der Waals surface area contributed by atoms with E-state index in [4.69, 9.17) is 32.7 Å². The van der Waals surface area contributed by atoms with Crippen LogP contribution < -0.4 is 19.1 Å². The molecule has 2 amide bonds. The summed E-state index contributed by atoms with van der Waals surface area (Å²) in [4.78, 5) is 27.9. The number of carbonyl (C=O) groups is 2. The average Bonchev–Trinajstić information content (AvgIpc) is 2.84. The predicted octanol–water partition coefficient (Wildman–Crippen LogP) is 3.72. The molecule has 1 aliphatic heterocycles. The number of benzene rings is 2. The van der Waals surface area contributed by atoms with Gasteiger partial charge in [-0.15, -0.1) is 0 Å². The minimum Gasteiger partial charge on any atom is -0.486 e. The molecule has 0 saturated heterocycles. The third kappa shape index (κ3) is 7.66. The van der Waals surface area contributed by atoms with E-state index < -0.39 is 28.5 Å². The molecule has 2 aromatic carbocycles. The van der Waals surface area contributed by atoms with Gasteiger partial charge in [0.15, 0.2) is 11.5 Å². The highest BCUT2D eigenvalue weighted by atomic mass is 35.5. The molecule has 12 heteroatoms. The molecule has 0 aliphatic carbocycles. The molecular formula is C25H31Cl2N3O6S. The molecule has 1 aliphatic rings. The van der Waals surface area contributed by atoms with Crippen LogP contribution in [0.3, 0.4) is 0 Å². The SMILES string of the molecule is CC(C)CNC(=O)[C@@H](C)N(Cc1ccc(Cl)c(Cl)c1)C(=O)CN(c1ccc2c(c1)OCCO2)S(C)(=O)=O. The first-order valence-electron chi connectivity index (χ1n) is 11.7. The second-order valence-corrected chi connectivity index (χ2v) is 11.9. The van der Waals surface area contributed by atoms with Gasteiger partial charge in [0.05, 0.1) is 22.0 Å². The molecule has 202 valence electrons. The quantitative estimate of drug-likeness (QED) is 0.466. The number of amides is 2. The lowest BCUT2D eigenvalue weighted by molar-refractivity contribution is -0.139. The zero-order chi connectivity index (χ0) is 27.3. The summed E-state index contributed by atoms with van der Waals surface area (Å²) in [6, 6.07) is 8.68. The molecule has 9 nitrogen and oxygen atoms in total. The highest BCUT2D eigenvalue weighted by molar-refractivity contribution is 7.92. The van der Waals surface area contributed by atoms with Gasteiger partial charge < -0.3 is 19.7 Å². The fourth-order valence-corrected chi connectivity index (χ4v) is 4.83. The molecule has 1 N–H and O–H groups in total. The number of hydrogen-bond donors (Lipinski definition) is 1. The topological polar surface area (TPSA) is 105 Å². The molecule has 0 bridgehead atoms. The van der Waals surface area contributed by atoms with Crippen molar-refractivity contribution in [1.82, 2.24) is 10.2 Å². The molecule has 37 heavy (non-hydrogen) atoms. The Morgan fingerprint density at radius 3 is 2.30 bits per heavy atom. The van der Waals surface area contributed by atoms with Crippen molar-refractivity contribution >= 4 is 50.7 Å². The van der Waals surface area contributed by atoms with Gasteiger partial charge in [0.1, 0.15) is 25.8 Å². The molecule has 1 heterocycles. The van der Waals surface area contributed by atoms with Gasteiger partial charge in [-0.05, 0) is 42.7 Å². The van der Waals surface area contributed by atoms with Crippen LogP contribution in [0.4, 0.5) is 5.69 Å². The van der Waals surface area contributed by atoms with Crippen molar-refractivity contribution in [3.63, 3.8) is 0 Å². The molecule has 0 aromatic heterocycles. The van der Waals surface area contributed by atoms with Crippen molar-refractivity contribution in [3.8, 4) is 11.5 Å². The van der Waals surface area contributed by atoms with Crippen molar-refractivity contribution in [2.75, 3.05) is 36.9 Å². The van der Waals surface area contributed by atoms with Gasteiger partial charge in [-0.2, -0.15) is 0 Å². The molecule has 0 unspecified atom stereocenters. The van der Waals surface area contributed by atoms with Crippen LogP contribution in [0.1, 0.15) is 26.3 Å². The van der Waals surface area contributed by atoms with E-state index in [0.29, 0.717) is 46.9 Å². The maximum absolute atomic E-state index is 13.6. The normalized spacial score (nSPS) is 13.7. The summed E-state index contributed by atoms with van der Waals surface area (Å²) in [5.74, 6) is 0.169. The zero-order valence-electron chi connectivity index (χ0n) is 21.2. The monoisotopic (exact) mass is 571 g/mol. The molecule has 0 spiro atoms. The predicted molar refractivity (Wildman–Crippen MR) is 144 cm³/mol. The second-order valence-electron chi connectivity index (χ2n) is 9.18. The summed E-state index contributed by atoms with van der Waals surface area (Å²) in [5, 5.41) is 3.49. The Bertz CT molecular complexity index is 1250. The molecular weight excluding hydrogens is 541 g/mol. The lowest BCUT2D eigenvalue weighted by Gasteiger charge is -2.32. The molecule has 2 aromatic rings. The van der Waals surface area contributed by atoms with Crippen molar-refractivity contribution < 1.29 is 27.5 Å². The summed E-state index contributed by atoms with van der Waals surface area (Å²) in [7, 11) is -3.88. The summed E-state index contributed by atoms with van der Waals surface area (Å²) < 4.78 is 37.6. The van der Waals surface area contributed by atoms with Crippen LogP contribution in [0.2, 0.25) is 10.0 Å². The van der Waals surface area contributed by atoms with Gasteiger partial charge in [-0.25, -0.2) is 8.42 Å². The van der Waals surface area contributed by atoms with Gasteiger partial charge in [0, 0.05) is 19.2 Å². The number of rotatable bonds is 10. The Morgan fingerprint density at radius 1 is 1.00 bits per heavy atom. The van der Waals surface area contributed by atoms with Crippen LogP contribution in [-0.2, 0) is 26.2 Å². The van der Waals surface area contributed by atoms with Crippen LogP contribution in [0, 0.1) is 5.92 Å². The maximum atomic E-state index is 13.6. The molecule has 1 atom stereocenters. The fourth-order valence-electron chi connectivity index (χ4n) is 3.67. The van der Waals surface area contributed by atoms with Crippen molar-refractivity contribution in [1.29, 1.82) is 0 Å². The van der Waals surface area contributed by atoms with Gasteiger partial charge in [-0.3, -0.25) is 13.9 Å². The van der Waals surface area contributed by atoms with Gasteiger partial charge in [0.25, 0.3) is 0 Å². The lowest BCUT2D eigenvalue weighted by Crippen LogP contribution is -2.51. The minimum absolute atomic E-state index is 0.0186. The van der Waals surface area contributed by atoms with Gasteiger partial charge in [-0.1, -0.05) is 43.1 Å². The number of anilines is 1. The van der Waals surface area contributed by atoms with Crippen LogP contribution in [-0.4, -0.2) is 63.7 Å². The van der Waals surface area contributed by atoms with Crippen LogP contribution in [0.5, 0.6) is 11.5 Å². The van der Waals surface area contributed by atoms with E-state index in [1.165, 1.54) is 11.0 Å². The largest absolute Gasteiger partial charge is 0.486 e. The van der Waals surface area contributed by atoms with E-state index in [9.17, 15) is 18.0 Å². The number of nitrogens with one attached hydrogen (secondary N) is 1. The standard InChI is InChI=1S/C25H31Cl2N3O6S/c1-16(2)13-28-25(32)17(3)29(14-18-5-7-20(26)21(27)11-18)24(31)15-30(37(4,33)34)19-6-8-22-23(12-19)36-10-9-35-22/h5-8,11-12,16-17H,9-10,13-15H2,1-4H3,(H,28,32)/t17-/m1/s1. The number of hydrogen-bond acceptors (Lipinski definition) is 6. The summed E-state index contributed by atoms with van der Waals surface area (Å²) in [5.41, 5.74) is 0.878. The summed E-state index contributed by atoms with van der Waals surface area (Å²) in [6.07, 6.45) is 1.01. The van der Waals surface area contributed by atoms with Crippen molar-refractivity contribution in [3.05, 3.63) is 52.0 Å². The average molecular weight is 573 g/mol. The van der Waals surface area contributed by atoms with Gasteiger partial charge in [0.2, 0.25) is 21.8 Å². The molecule has 0 radical (unpaired) electrons. The van der Waals surface area contributed by atoms with Crippen molar-refractivity contribution in [2.45, 2.75) is 33.4 Å². The molecule has 0 fully saturated rings. The first kappa shape index (κ1) is 28.9. The molecule has 3 rings (SSSR count). The lowest BCUT2D eigenvalue weighted by atomic mass is 10.1. The third-order valence-corrected chi connectivity index (χ3v) is 7.56. The van der Waals surface area contributed by atoms with Crippen LogP contribution in [0.15, 0.2) is 36.4 Å². The first-order valence-corrected chi connectivity index (χ1v) is 14.4. The Labute approximate surface area is 227 Å². The number of sulfonamides is 1. The van der Waals surface area contributed by atoms with Crippen molar-refractivity contribution in [2.24, 2.45) is 5.92 Å². The van der Waals surface area contributed by atoms with Crippen LogP contribution >= 0.6 is 23.2 Å². The van der Waals surface area contributed by atoms with Gasteiger partial charge >= 0.3 is 0 Å². The Balaban J connectivity index is 1.92. The molecule has 0 saturated carbocycles. The fraction of sp³-hybridized carbons (Fsp3) is 0.440. The third-order valence-electron chi connectivity index (χ3n) is 5.68. The van der Waals surface area contributed by atoms with E-state index in [2.05, 4.69) is 5.32 Å². The Hall–Kier alpha value is -2.69. The summed E-state index contributed by atoms with van der Waals surface area (Å²) in [6.45, 7) is 6.16. The number of carbonyl (C=O) groups excluding carboxylic acids is 2. The van der Waals surface area contributed by atoms with Crippen LogP contribution in [0.25, 0.3) is 0 Å². The van der Waals surface area contributed by atoms with E-state index in [1.54, 1.807) is 37.3 Å². The first-order chi connectivity index (χ1) is 17.4. The zero-order valence-corrected chi connectivity index (χ0v) is 23.5. The second kappa shape index (κ2) is 12.2. The number of fused-ring (bicyclic) bond motifs is 1. The highest BCUT2D eigenvalue weighted by Gasteiger charge is 2.31. The number of ether oxygens (including phenoxy) is 2. The van der Waals surface area contributed by atoms with E-state index >= 15 is 0 Å². The van der Waals surface area contributed by atoms with E-state index in [1.807, 2.05) is 13.8 Å². The highest BCUT2D eigenvalue weighted by Crippen LogP contribution is 2.34. The van der Waals surface area contributed by atoms with E-state index in [0.717, 1.165) is 10.6 Å². The smallest absolute Gasteiger partial charge is 0.244 e. The minimum atomic E-state index is -3.88.